The van der Waals surface area contributed by atoms with Gasteiger partial charge in [-0.15, -0.1) is 5.10 Å². The third-order valence-corrected chi connectivity index (χ3v) is 4.63. The van der Waals surface area contributed by atoms with E-state index < -0.39 is 0 Å². The molecule has 112 valence electrons. The van der Waals surface area contributed by atoms with Crippen LogP contribution in [0.15, 0.2) is 47.2 Å². The van der Waals surface area contributed by atoms with Gasteiger partial charge in [-0.3, -0.25) is 0 Å². The molecular formula is C16H14BrFN4. The molecule has 1 aromatic carbocycles. The molecule has 6 heteroatoms. The van der Waals surface area contributed by atoms with Crippen LogP contribution in [0.3, 0.4) is 0 Å². The highest BCUT2D eigenvalue weighted by molar-refractivity contribution is 9.10. The molecule has 1 saturated heterocycles. The topological polar surface area (TPSA) is 33.4 Å². The molecule has 0 unspecified atom stereocenters. The summed E-state index contributed by atoms with van der Waals surface area (Å²) in [7, 11) is 0. The molecule has 0 N–H and O–H groups in total. The van der Waals surface area contributed by atoms with Gasteiger partial charge in [-0.2, -0.15) is 0 Å². The normalized spacial score (nSPS) is 18.3. The molecule has 22 heavy (non-hydrogen) atoms. The van der Waals surface area contributed by atoms with E-state index >= 15 is 0 Å². The van der Waals surface area contributed by atoms with E-state index in [-0.39, 0.29) is 11.9 Å². The van der Waals surface area contributed by atoms with Crippen LogP contribution >= 0.6 is 15.9 Å². The SMILES string of the molecule is Fc1cccc([C@H]2CCCN2c2ccc3ncc(Br)n3n2)c1. The molecule has 1 atom stereocenters. The van der Waals surface area contributed by atoms with Crippen LogP contribution in [-0.2, 0) is 0 Å². The smallest absolute Gasteiger partial charge is 0.154 e. The number of halogens is 2. The zero-order valence-electron chi connectivity index (χ0n) is 11.8. The average molecular weight is 361 g/mol. The lowest BCUT2D eigenvalue weighted by molar-refractivity contribution is 0.617. The summed E-state index contributed by atoms with van der Waals surface area (Å²) in [4.78, 5) is 6.50. The fourth-order valence-electron chi connectivity index (χ4n) is 3.09. The lowest BCUT2D eigenvalue weighted by Gasteiger charge is -2.26. The van der Waals surface area contributed by atoms with E-state index in [0.717, 1.165) is 41.0 Å². The van der Waals surface area contributed by atoms with Gasteiger partial charge in [0.2, 0.25) is 0 Å². The van der Waals surface area contributed by atoms with Gasteiger partial charge in [0.1, 0.15) is 16.2 Å². The van der Waals surface area contributed by atoms with Gasteiger partial charge in [0, 0.05) is 6.54 Å². The van der Waals surface area contributed by atoms with Gasteiger partial charge in [-0.1, -0.05) is 12.1 Å². The van der Waals surface area contributed by atoms with E-state index in [1.54, 1.807) is 22.8 Å². The standard InChI is InChI=1S/C16H14BrFN4/c17-14-10-19-15-6-7-16(20-22(14)15)21-8-2-5-13(21)11-3-1-4-12(18)9-11/h1,3-4,6-7,9-10,13H,2,5,8H2/t13-/m1/s1. The van der Waals surface area contributed by atoms with Crippen molar-refractivity contribution >= 4 is 27.4 Å². The van der Waals surface area contributed by atoms with Crippen molar-refractivity contribution in [3.05, 3.63) is 58.6 Å². The Morgan fingerprint density at radius 1 is 1.23 bits per heavy atom. The van der Waals surface area contributed by atoms with Crippen LogP contribution in [-0.4, -0.2) is 21.1 Å². The van der Waals surface area contributed by atoms with Crippen molar-refractivity contribution in [3.63, 3.8) is 0 Å². The first-order chi connectivity index (χ1) is 10.7. The van der Waals surface area contributed by atoms with Crippen molar-refractivity contribution in [1.82, 2.24) is 14.6 Å². The van der Waals surface area contributed by atoms with Crippen LogP contribution in [0.25, 0.3) is 5.65 Å². The summed E-state index contributed by atoms with van der Waals surface area (Å²) in [5, 5.41) is 4.65. The highest BCUT2D eigenvalue weighted by Crippen LogP contribution is 2.35. The van der Waals surface area contributed by atoms with Gasteiger partial charge in [-0.05, 0) is 58.6 Å². The number of fused-ring (bicyclic) bond motifs is 1. The molecule has 1 fully saturated rings. The Morgan fingerprint density at radius 3 is 3.00 bits per heavy atom. The van der Waals surface area contributed by atoms with Gasteiger partial charge in [-0.25, -0.2) is 13.9 Å². The zero-order valence-corrected chi connectivity index (χ0v) is 13.4. The quantitative estimate of drug-likeness (QED) is 0.693. The van der Waals surface area contributed by atoms with Crippen LogP contribution in [0.5, 0.6) is 0 Å². The fourth-order valence-corrected chi connectivity index (χ4v) is 3.45. The summed E-state index contributed by atoms with van der Waals surface area (Å²) < 4.78 is 16.1. The van der Waals surface area contributed by atoms with E-state index in [9.17, 15) is 4.39 Å². The van der Waals surface area contributed by atoms with Crippen LogP contribution in [0, 0.1) is 5.82 Å². The number of aromatic nitrogens is 3. The molecule has 1 aliphatic heterocycles. The molecule has 1 aliphatic rings. The van der Waals surface area contributed by atoms with Crippen molar-refractivity contribution in [1.29, 1.82) is 0 Å². The molecule has 0 aliphatic carbocycles. The number of rotatable bonds is 2. The summed E-state index contributed by atoms with van der Waals surface area (Å²) in [5.74, 6) is 0.697. The van der Waals surface area contributed by atoms with Gasteiger partial charge in [0.05, 0.1) is 12.2 Å². The number of nitrogens with zero attached hydrogens (tertiary/aromatic N) is 4. The lowest BCUT2D eigenvalue weighted by Crippen LogP contribution is -2.24. The first kappa shape index (κ1) is 13.7. The number of imidazole rings is 1. The second-order valence-electron chi connectivity index (χ2n) is 5.45. The summed E-state index contributed by atoms with van der Waals surface area (Å²) in [5.41, 5.74) is 1.81. The molecule has 4 rings (SSSR count). The summed E-state index contributed by atoms with van der Waals surface area (Å²) in [6, 6.07) is 11.0. The molecule has 0 amide bonds. The maximum Gasteiger partial charge on any atom is 0.154 e. The molecule has 2 aromatic heterocycles. The van der Waals surface area contributed by atoms with Crippen LogP contribution < -0.4 is 4.90 Å². The summed E-state index contributed by atoms with van der Waals surface area (Å²) >= 11 is 3.45. The van der Waals surface area contributed by atoms with E-state index in [1.165, 1.54) is 6.07 Å². The predicted molar refractivity (Wildman–Crippen MR) is 86.4 cm³/mol. The number of anilines is 1. The van der Waals surface area contributed by atoms with Crippen LogP contribution in [0.2, 0.25) is 0 Å². The lowest BCUT2D eigenvalue weighted by atomic mass is 10.0. The summed E-state index contributed by atoms with van der Waals surface area (Å²) in [6.45, 7) is 0.923. The number of hydrogen-bond acceptors (Lipinski definition) is 3. The number of benzene rings is 1. The minimum absolute atomic E-state index is 0.169. The Labute approximate surface area is 135 Å². The van der Waals surface area contributed by atoms with E-state index in [4.69, 9.17) is 0 Å². The first-order valence-corrected chi connectivity index (χ1v) is 8.04. The van der Waals surface area contributed by atoms with Crippen molar-refractivity contribution in [2.75, 3.05) is 11.4 Å². The number of hydrogen-bond donors (Lipinski definition) is 0. The highest BCUT2D eigenvalue weighted by Gasteiger charge is 2.27. The summed E-state index contributed by atoms with van der Waals surface area (Å²) in [6.07, 6.45) is 3.82. The molecular weight excluding hydrogens is 347 g/mol. The van der Waals surface area contributed by atoms with E-state index in [2.05, 4.69) is 30.9 Å². The Morgan fingerprint density at radius 2 is 2.14 bits per heavy atom. The maximum absolute atomic E-state index is 13.5. The monoisotopic (exact) mass is 360 g/mol. The Balaban J connectivity index is 1.74. The second kappa shape index (κ2) is 5.35. The minimum atomic E-state index is -0.190. The van der Waals surface area contributed by atoms with Crippen molar-refractivity contribution in [2.45, 2.75) is 18.9 Å². The van der Waals surface area contributed by atoms with Crippen LogP contribution in [0.1, 0.15) is 24.4 Å². The highest BCUT2D eigenvalue weighted by atomic mass is 79.9. The Hall–Kier alpha value is -1.95. The van der Waals surface area contributed by atoms with Gasteiger partial charge >= 0.3 is 0 Å². The third-order valence-electron chi connectivity index (χ3n) is 4.09. The Kier molecular flexibility index (Phi) is 3.33. The van der Waals surface area contributed by atoms with Crippen molar-refractivity contribution in [3.8, 4) is 0 Å². The first-order valence-electron chi connectivity index (χ1n) is 7.25. The van der Waals surface area contributed by atoms with Crippen LogP contribution in [0.4, 0.5) is 10.2 Å². The van der Waals surface area contributed by atoms with Gasteiger partial charge in [0.25, 0.3) is 0 Å². The molecule has 3 heterocycles. The van der Waals surface area contributed by atoms with E-state index in [1.807, 2.05) is 18.2 Å². The molecule has 0 spiro atoms. The molecule has 0 radical (unpaired) electrons. The molecule has 3 aromatic rings. The molecule has 0 saturated carbocycles. The van der Waals surface area contributed by atoms with Gasteiger partial charge < -0.3 is 4.90 Å². The largest absolute Gasteiger partial charge is 0.348 e. The minimum Gasteiger partial charge on any atom is -0.348 e. The predicted octanol–water partition coefficient (Wildman–Crippen LogP) is 3.97. The second-order valence-corrected chi connectivity index (χ2v) is 6.26. The third kappa shape index (κ3) is 2.27. The molecule has 4 nitrogen and oxygen atoms in total. The van der Waals surface area contributed by atoms with Crippen molar-refractivity contribution in [2.24, 2.45) is 0 Å². The zero-order chi connectivity index (χ0) is 15.1. The van der Waals surface area contributed by atoms with Crippen molar-refractivity contribution < 1.29 is 4.39 Å². The van der Waals surface area contributed by atoms with E-state index in [0.29, 0.717) is 0 Å². The fraction of sp³-hybridized carbons (Fsp3) is 0.250. The maximum atomic E-state index is 13.5. The van der Waals surface area contributed by atoms with Gasteiger partial charge in [0.15, 0.2) is 5.65 Å². The average Bonchev–Trinajstić information content (AvgIpc) is 3.14. The Bertz CT molecular complexity index is 832. The molecule has 0 bridgehead atoms.